The topological polar surface area (TPSA) is 78.9 Å². The van der Waals surface area contributed by atoms with Crippen LogP contribution in [0.4, 0.5) is 0 Å². The fraction of sp³-hybridized carbons (Fsp3) is 0.659. The predicted octanol–water partition coefficient (Wildman–Crippen LogP) is 8.45. The molecular weight excluding hydrogens is 613 g/mol. The third kappa shape index (κ3) is 11.8. The number of amides is 2. The minimum atomic E-state index is -3.00. The standard InChI is InChI=1S/C41H66N2O4Si/c1-6-7-8-9-10-11-12-13-14-15-16-17-24-32-38(44)34(2)39(45)42-37-31-25-26-33-43(40(37)46)47-48(41(3,4)5,35-27-20-18-21-28-35)36-29-22-19-23-30-36/h18-23,27-30,34,37-38,44H,6-17,24-26,31-33H2,1-5H3,(H,42,45)/t34-,37-,38+/m1/s1. The van der Waals surface area contributed by atoms with Crippen molar-refractivity contribution in [1.29, 1.82) is 0 Å². The number of hydrogen-bond acceptors (Lipinski definition) is 4. The first-order chi connectivity index (χ1) is 23.1. The molecule has 7 heteroatoms. The maximum atomic E-state index is 14.1. The Balaban J connectivity index is 1.52. The lowest BCUT2D eigenvalue weighted by molar-refractivity contribution is -0.162. The molecule has 48 heavy (non-hydrogen) atoms. The molecule has 1 aliphatic heterocycles. The average Bonchev–Trinajstić information content (AvgIpc) is 3.25. The van der Waals surface area contributed by atoms with E-state index in [-0.39, 0.29) is 16.9 Å². The molecule has 2 N–H and O–H groups in total. The third-order valence-electron chi connectivity index (χ3n) is 10.2. The number of carbonyl (C=O) groups excluding carboxylic acids is 2. The summed E-state index contributed by atoms with van der Waals surface area (Å²) in [6, 6.07) is 19.9. The van der Waals surface area contributed by atoms with Crippen molar-refractivity contribution >= 4 is 30.5 Å². The molecule has 0 unspecified atom stereocenters. The smallest absolute Gasteiger partial charge is 0.296 e. The number of benzene rings is 2. The molecule has 0 radical (unpaired) electrons. The average molecular weight is 679 g/mol. The van der Waals surface area contributed by atoms with Crippen molar-refractivity contribution in [1.82, 2.24) is 10.4 Å². The Kier molecular flexibility index (Phi) is 17.4. The van der Waals surface area contributed by atoms with Gasteiger partial charge in [-0.15, -0.1) is 0 Å². The molecule has 1 aliphatic rings. The highest BCUT2D eigenvalue weighted by Crippen LogP contribution is 2.38. The van der Waals surface area contributed by atoms with Crippen LogP contribution in [0.1, 0.15) is 144 Å². The summed E-state index contributed by atoms with van der Waals surface area (Å²) in [4.78, 5) is 27.5. The van der Waals surface area contributed by atoms with Crippen LogP contribution in [-0.4, -0.2) is 49.0 Å². The van der Waals surface area contributed by atoms with E-state index in [4.69, 9.17) is 4.53 Å². The minimum Gasteiger partial charge on any atom is -0.392 e. The SMILES string of the molecule is CCCCCCCCCCCCCCC[C@H](O)[C@@H](C)C(=O)N[C@@H]1CCCCN(O[Si](c2ccccc2)(c2ccccc2)C(C)(C)C)C1=O. The fourth-order valence-corrected chi connectivity index (χ4v) is 11.5. The largest absolute Gasteiger partial charge is 0.392 e. The van der Waals surface area contributed by atoms with Crippen LogP contribution in [0.25, 0.3) is 0 Å². The van der Waals surface area contributed by atoms with E-state index in [2.05, 4.69) is 57.3 Å². The second-order valence-corrected chi connectivity index (χ2v) is 19.3. The molecule has 0 spiro atoms. The van der Waals surface area contributed by atoms with Crippen LogP contribution in [0.15, 0.2) is 60.7 Å². The van der Waals surface area contributed by atoms with Crippen molar-refractivity contribution in [2.45, 2.75) is 161 Å². The van der Waals surface area contributed by atoms with Gasteiger partial charge in [0.05, 0.1) is 12.0 Å². The van der Waals surface area contributed by atoms with Crippen LogP contribution in [0.5, 0.6) is 0 Å². The summed E-state index contributed by atoms with van der Waals surface area (Å²) in [7, 11) is -3.00. The zero-order valence-corrected chi connectivity index (χ0v) is 31.9. The number of aliphatic hydroxyl groups excluding tert-OH is 1. The quantitative estimate of drug-likeness (QED) is 0.103. The normalized spacial score (nSPS) is 17.2. The number of carbonyl (C=O) groups is 2. The van der Waals surface area contributed by atoms with E-state index >= 15 is 0 Å². The molecule has 2 aromatic carbocycles. The van der Waals surface area contributed by atoms with E-state index in [1.54, 1.807) is 12.0 Å². The van der Waals surface area contributed by atoms with E-state index in [9.17, 15) is 14.7 Å². The summed E-state index contributed by atoms with van der Waals surface area (Å²) in [6.07, 6.45) is 18.7. The van der Waals surface area contributed by atoms with Crippen LogP contribution in [0, 0.1) is 5.92 Å². The van der Waals surface area contributed by atoms with Crippen LogP contribution < -0.4 is 15.7 Å². The molecule has 2 aromatic rings. The van der Waals surface area contributed by atoms with Gasteiger partial charge in [0.15, 0.2) is 0 Å². The maximum absolute atomic E-state index is 14.1. The van der Waals surface area contributed by atoms with Crippen molar-refractivity contribution in [2.75, 3.05) is 6.54 Å². The van der Waals surface area contributed by atoms with Gasteiger partial charge >= 0.3 is 0 Å². The Morgan fingerprint density at radius 1 is 0.833 bits per heavy atom. The predicted molar refractivity (Wildman–Crippen MR) is 202 cm³/mol. The van der Waals surface area contributed by atoms with Gasteiger partial charge in [-0.25, -0.2) is 5.06 Å². The molecule has 1 heterocycles. The summed E-state index contributed by atoms with van der Waals surface area (Å²) in [5.74, 6) is -1.04. The van der Waals surface area contributed by atoms with E-state index < -0.39 is 26.4 Å². The molecule has 0 aromatic heterocycles. The molecule has 6 nitrogen and oxygen atoms in total. The Morgan fingerprint density at radius 2 is 1.31 bits per heavy atom. The first kappa shape index (κ1) is 40.0. The highest BCUT2D eigenvalue weighted by molar-refractivity contribution is 6.99. The second kappa shape index (κ2) is 20.9. The molecule has 1 fully saturated rings. The number of hydrogen-bond donors (Lipinski definition) is 2. The summed E-state index contributed by atoms with van der Waals surface area (Å²) in [5.41, 5.74) is 0. The lowest BCUT2D eigenvalue weighted by Gasteiger charge is -2.45. The Bertz CT molecular complexity index is 1150. The Hall–Kier alpha value is -2.48. The lowest BCUT2D eigenvalue weighted by atomic mass is 9.97. The van der Waals surface area contributed by atoms with Crippen molar-refractivity contribution in [3.05, 3.63) is 60.7 Å². The minimum absolute atomic E-state index is 0.202. The number of aliphatic hydroxyl groups is 1. The van der Waals surface area contributed by atoms with Crippen LogP contribution in [0.3, 0.4) is 0 Å². The number of hydroxylamine groups is 2. The highest BCUT2D eigenvalue weighted by atomic mass is 28.4. The summed E-state index contributed by atoms with van der Waals surface area (Å²) in [6.45, 7) is 11.1. The van der Waals surface area contributed by atoms with Gasteiger partial charge in [-0.1, -0.05) is 179 Å². The number of unbranched alkanes of at least 4 members (excludes halogenated alkanes) is 12. The summed E-state index contributed by atoms with van der Waals surface area (Å²) >= 11 is 0. The van der Waals surface area contributed by atoms with E-state index in [0.717, 1.165) is 36.1 Å². The Morgan fingerprint density at radius 3 is 1.79 bits per heavy atom. The van der Waals surface area contributed by atoms with E-state index in [1.807, 2.05) is 36.4 Å². The van der Waals surface area contributed by atoms with Gasteiger partial charge < -0.3 is 15.0 Å². The number of nitrogens with one attached hydrogen (secondary N) is 1. The molecule has 2 amide bonds. The van der Waals surface area contributed by atoms with Crippen molar-refractivity contribution < 1.29 is 19.2 Å². The highest BCUT2D eigenvalue weighted by Gasteiger charge is 2.53. The monoisotopic (exact) mass is 678 g/mol. The van der Waals surface area contributed by atoms with Crippen molar-refractivity contribution in [3.8, 4) is 0 Å². The fourth-order valence-electron chi connectivity index (χ4n) is 7.12. The van der Waals surface area contributed by atoms with Gasteiger partial charge in [-0.3, -0.25) is 9.59 Å². The summed E-state index contributed by atoms with van der Waals surface area (Å²) < 4.78 is 7.08. The first-order valence-corrected chi connectivity index (χ1v) is 21.1. The maximum Gasteiger partial charge on any atom is 0.296 e. The van der Waals surface area contributed by atoms with Gasteiger partial charge in [0.1, 0.15) is 6.04 Å². The molecule has 3 rings (SSSR count). The van der Waals surface area contributed by atoms with E-state index in [0.29, 0.717) is 19.4 Å². The van der Waals surface area contributed by atoms with Gasteiger partial charge in [-0.05, 0) is 41.1 Å². The molecular formula is C41H66N2O4Si. The van der Waals surface area contributed by atoms with Gasteiger partial charge in [0, 0.05) is 6.54 Å². The second-order valence-electron chi connectivity index (χ2n) is 15.1. The van der Waals surface area contributed by atoms with E-state index in [1.165, 1.54) is 70.6 Å². The van der Waals surface area contributed by atoms with Crippen molar-refractivity contribution in [2.24, 2.45) is 5.92 Å². The summed E-state index contributed by atoms with van der Waals surface area (Å²) in [5, 5.41) is 17.4. The Labute approximate surface area is 293 Å². The van der Waals surface area contributed by atoms with Gasteiger partial charge in [0.25, 0.3) is 14.2 Å². The molecule has 0 saturated carbocycles. The molecule has 1 saturated heterocycles. The van der Waals surface area contributed by atoms with Crippen LogP contribution >= 0.6 is 0 Å². The van der Waals surface area contributed by atoms with Gasteiger partial charge in [0.2, 0.25) is 5.91 Å². The molecule has 0 aliphatic carbocycles. The molecule has 3 atom stereocenters. The zero-order valence-electron chi connectivity index (χ0n) is 30.9. The number of nitrogens with zero attached hydrogens (tertiary/aromatic N) is 1. The third-order valence-corrected chi connectivity index (χ3v) is 15.1. The number of rotatable bonds is 21. The lowest BCUT2D eigenvalue weighted by Crippen LogP contribution is -2.69. The van der Waals surface area contributed by atoms with Crippen LogP contribution in [-0.2, 0) is 14.1 Å². The first-order valence-electron chi connectivity index (χ1n) is 19.2. The van der Waals surface area contributed by atoms with Crippen molar-refractivity contribution in [3.63, 3.8) is 0 Å². The molecule has 268 valence electrons. The van der Waals surface area contributed by atoms with Crippen LogP contribution in [0.2, 0.25) is 5.04 Å². The van der Waals surface area contributed by atoms with Gasteiger partial charge in [-0.2, -0.15) is 0 Å². The zero-order chi connectivity index (χ0) is 34.8. The molecule has 0 bridgehead atoms.